The number of hydrogen-bond donors (Lipinski definition) is 1. The molecule has 2 rings (SSSR count). The lowest BCUT2D eigenvalue weighted by Gasteiger charge is -2.14. The van der Waals surface area contributed by atoms with Crippen LogP contribution in [0.1, 0.15) is 24.1 Å². The van der Waals surface area contributed by atoms with Crippen molar-refractivity contribution in [1.82, 2.24) is 5.32 Å². The molecule has 19 heavy (non-hydrogen) atoms. The molecule has 2 heteroatoms. The summed E-state index contributed by atoms with van der Waals surface area (Å²) in [5.74, 6) is 0.903. The number of rotatable bonds is 6. The van der Waals surface area contributed by atoms with E-state index in [-0.39, 0.29) is 0 Å². The van der Waals surface area contributed by atoms with E-state index >= 15 is 0 Å². The van der Waals surface area contributed by atoms with Crippen molar-refractivity contribution in [3.05, 3.63) is 65.7 Å². The molecule has 0 aliphatic heterocycles. The SMILES string of the molecule is COc1ccc([C@H](C)NCCc2ccccc2)cc1. The van der Waals surface area contributed by atoms with Crippen LogP contribution >= 0.6 is 0 Å². The molecular weight excluding hydrogens is 234 g/mol. The monoisotopic (exact) mass is 255 g/mol. The van der Waals surface area contributed by atoms with Gasteiger partial charge in [-0.2, -0.15) is 0 Å². The van der Waals surface area contributed by atoms with Crippen molar-refractivity contribution >= 4 is 0 Å². The number of methoxy groups -OCH3 is 1. The normalized spacial score (nSPS) is 12.1. The quantitative estimate of drug-likeness (QED) is 0.851. The lowest BCUT2D eigenvalue weighted by molar-refractivity contribution is 0.414. The van der Waals surface area contributed by atoms with Crippen molar-refractivity contribution in [2.75, 3.05) is 13.7 Å². The molecule has 0 saturated carbocycles. The van der Waals surface area contributed by atoms with Gasteiger partial charge < -0.3 is 10.1 Å². The number of hydrogen-bond acceptors (Lipinski definition) is 2. The smallest absolute Gasteiger partial charge is 0.118 e. The largest absolute Gasteiger partial charge is 0.497 e. The van der Waals surface area contributed by atoms with Gasteiger partial charge in [-0.3, -0.25) is 0 Å². The van der Waals surface area contributed by atoms with Gasteiger partial charge in [0.05, 0.1) is 7.11 Å². The van der Waals surface area contributed by atoms with E-state index in [4.69, 9.17) is 4.74 Å². The van der Waals surface area contributed by atoms with Crippen LogP contribution in [0.25, 0.3) is 0 Å². The average molecular weight is 255 g/mol. The van der Waals surface area contributed by atoms with E-state index in [0.717, 1.165) is 18.7 Å². The summed E-state index contributed by atoms with van der Waals surface area (Å²) in [5.41, 5.74) is 2.66. The second-order valence-electron chi connectivity index (χ2n) is 4.68. The molecular formula is C17H21NO. The first-order valence-corrected chi connectivity index (χ1v) is 6.71. The molecule has 0 bridgehead atoms. The summed E-state index contributed by atoms with van der Waals surface area (Å²) in [7, 11) is 1.69. The van der Waals surface area contributed by atoms with Crippen molar-refractivity contribution in [3.63, 3.8) is 0 Å². The minimum atomic E-state index is 0.356. The molecule has 2 aromatic carbocycles. The first kappa shape index (κ1) is 13.6. The van der Waals surface area contributed by atoms with Gasteiger partial charge in [-0.25, -0.2) is 0 Å². The van der Waals surface area contributed by atoms with Crippen molar-refractivity contribution in [2.45, 2.75) is 19.4 Å². The van der Waals surface area contributed by atoms with Crippen molar-refractivity contribution in [3.8, 4) is 5.75 Å². The number of ether oxygens (including phenoxy) is 1. The Morgan fingerprint density at radius 3 is 2.32 bits per heavy atom. The Bertz CT molecular complexity index is 478. The highest BCUT2D eigenvalue weighted by Gasteiger charge is 2.04. The Balaban J connectivity index is 1.82. The van der Waals surface area contributed by atoms with E-state index in [9.17, 15) is 0 Å². The molecule has 0 radical (unpaired) electrons. The Morgan fingerprint density at radius 2 is 1.68 bits per heavy atom. The zero-order valence-corrected chi connectivity index (χ0v) is 11.6. The van der Waals surface area contributed by atoms with E-state index in [1.165, 1.54) is 11.1 Å². The van der Waals surface area contributed by atoms with Gasteiger partial charge in [-0.15, -0.1) is 0 Å². The first-order chi connectivity index (χ1) is 9.29. The van der Waals surface area contributed by atoms with Crippen LogP contribution in [0.15, 0.2) is 54.6 Å². The van der Waals surface area contributed by atoms with Crippen LogP contribution in [0.5, 0.6) is 5.75 Å². The number of nitrogens with one attached hydrogen (secondary N) is 1. The zero-order valence-electron chi connectivity index (χ0n) is 11.6. The highest BCUT2D eigenvalue weighted by molar-refractivity contribution is 5.28. The summed E-state index contributed by atoms with van der Waals surface area (Å²) >= 11 is 0. The van der Waals surface area contributed by atoms with Gasteiger partial charge in [0.25, 0.3) is 0 Å². The minimum Gasteiger partial charge on any atom is -0.497 e. The summed E-state index contributed by atoms with van der Waals surface area (Å²) < 4.78 is 5.17. The summed E-state index contributed by atoms with van der Waals surface area (Å²) in [6.07, 6.45) is 1.06. The van der Waals surface area contributed by atoms with Gasteiger partial charge in [0.2, 0.25) is 0 Å². The van der Waals surface area contributed by atoms with Gasteiger partial charge in [0.1, 0.15) is 5.75 Å². The summed E-state index contributed by atoms with van der Waals surface area (Å²) in [5, 5.41) is 3.54. The second-order valence-corrected chi connectivity index (χ2v) is 4.68. The van der Waals surface area contributed by atoms with Gasteiger partial charge >= 0.3 is 0 Å². The summed E-state index contributed by atoms with van der Waals surface area (Å²) in [4.78, 5) is 0. The maximum absolute atomic E-state index is 5.17. The summed E-state index contributed by atoms with van der Waals surface area (Å²) in [6.45, 7) is 3.17. The van der Waals surface area contributed by atoms with E-state index in [1.54, 1.807) is 7.11 Å². The zero-order chi connectivity index (χ0) is 13.5. The Kier molecular flexibility index (Phi) is 4.99. The maximum atomic E-state index is 5.17. The Hall–Kier alpha value is -1.80. The molecule has 2 aromatic rings. The van der Waals surface area contributed by atoms with E-state index in [0.29, 0.717) is 6.04 Å². The van der Waals surface area contributed by atoms with Crippen molar-refractivity contribution in [1.29, 1.82) is 0 Å². The molecule has 0 aliphatic rings. The predicted octanol–water partition coefficient (Wildman–Crippen LogP) is 3.59. The van der Waals surface area contributed by atoms with Gasteiger partial charge in [0, 0.05) is 6.04 Å². The van der Waals surface area contributed by atoms with Crippen LogP contribution in [0.2, 0.25) is 0 Å². The van der Waals surface area contributed by atoms with Gasteiger partial charge in [-0.1, -0.05) is 42.5 Å². The highest BCUT2D eigenvalue weighted by atomic mass is 16.5. The molecule has 2 nitrogen and oxygen atoms in total. The highest BCUT2D eigenvalue weighted by Crippen LogP contribution is 2.17. The second kappa shape index (κ2) is 6.95. The lowest BCUT2D eigenvalue weighted by Crippen LogP contribution is -2.21. The van der Waals surface area contributed by atoms with Gasteiger partial charge in [0.15, 0.2) is 0 Å². The molecule has 1 atom stereocenters. The molecule has 100 valence electrons. The number of benzene rings is 2. The van der Waals surface area contributed by atoms with E-state index < -0.39 is 0 Å². The third kappa shape index (κ3) is 4.11. The molecule has 0 aliphatic carbocycles. The Labute approximate surface area is 115 Å². The lowest BCUT2D eigenvalue weighted by atomic mass is 10.1. The molecule has 0 aromatic heterocycles. The van der Waals surface area contributed by atoms with E-state index in [2.05, 4.69) is 54.7 Å². The fourth-order valence-corrected chi connectivity index (χ4v) is 2.09. The predicted molar refractivity (Wildman–Crippen MR) is 79.6 cm³/mol. The van der Waals surface area contributed by atoms with Gasteiger partial charge in [-0.05, 0) is 43.1 Å². The Morgan fingerprint density at radius 1 is 1.00 bits per heavy atom. The molecule has 0 unspecified atom stereocenters. The topological polar surface area (TPSA) is 21.3 Å². The standard InChI is InChI=1S/C17H21NO/c1-14(16-8-10-17(19-2)11-9-16)18-13-12-15-6-4-3-5-7-15/h3-11,14,18H,12-13H2,1-2H3/t14-/m0/s1. The van der Waals surface area contributed by atoms with Crippen LogP contribution in [0, 0.1) is 0 Å². The first-order valence-electron chi connectivity index (χ1n) is 6.71. The molecule has 0 saturated heterocycles. The van der Waals surface area contributed by atoms with Crippen LogP contribution in [-0.4, -0.2) is 13.7 Å². The van der Waals surface area contributed by atoms with E-state index in [1.807, 2.05) is 12.1 Å². The van der Waals surface area contributed by atoms with Crippen LogP contribution in [0.4, 0.5) is 0 Å². The van der Waals surface area contributed by atoms with Crippen molar-refractivity contribution < 1.29 is 4.74 Å². The molecule has 1 N–H and O–H groups in total. The van der Waals surface area contributed by atoms with Crippen molar-refractivity contribution in [2.24, 2.45) is 0 Å². The maximum Gasteiger partial charge on any atom is 0.118 e. The van der Waals surface area contributed by atoms with Crippen LogP contribution < -0.4 is 10.1 Å². The molecule has 0 fully saturated rings. The average Bonchev–Trinajstić information content (AvgIpc) is 2.48. The van der Waals surface area contributed by atoms with Crippen LogP contribution in [0.3, 0.4) is 0 Å². The molecule has 0 amide bonds. The van der Waals surface area contributed by atoms with Crippen LogP contribution in [-0.2, 0) is 6.42 Å². The fourth-order valence-electron chi connectivity index (χ4n) is 2.09. The molecule has 0 heterocycles. The third-order valence-corrected chi connectivity index (χ3v) is 3.32. The third-order valence-electron chi connectivity index (χ3n) is 3.32. The molecule has 0 spiro atoms. The fraction of sp³-hybridized carbons (Fsp3) is 0.294. The minimum absolute atomic E-state index is 0.356. The summed E-state index contributed by atoms with van der Waals surface area (Å²) in [6, 6.07) is 19.1.